The predicted molar refractivity (Wildman–Crippen MR) is 101 cm³/mol. The molecule has 0 radical (unpaired) electrons. The van der Waals surface area contributed by atoms with Crippen LogP contribution in [-0.4, -0.2) is 56.3 Å². The number of nitrogens with one attached hydrogen (secondary N) is 1. The van der Waals surface area contributed by atoms with Gasteiger partial charge in [-0.3, -0.25) is 19.1 Å². The summed E-state index contributed by atoms with van der Waals surface area (Å²) in [6.07, 6.45) is 0. The molecular weight excluding hydrogens is 354 g/mol. The minimum atomic E-state index is -2.45. The van der Waals surface area contributed by atoms with Crippen molar-refractivity contribution in [2.24, 2.45) is 11.8 Å². The van der Waals surface area contributed by atoms with Crippen LogP contribution in [0.4, 0.5) is 5.69 Å². The Morgan fingerprint density at radius 2 is 1.85 bits per heavy atom. The summed E-state index contributed by atoms with van der Waals surface area (Å²) in [7, 11) is 0. The Morgan fingerprint density at radius 3 is 2.35 bits per heavy atom. The number of aryl methyl sites for hydroxylation is 1. The average molecular weight is 383 g/mol. The molecule has 0 aromatic heterocycles. The largest absolute Gasteiger partial charge is 0.771 e. The first-order valence-corrected chi connectivity index (χ1v) is 9.99. The molecule has 2 N–H and O–H groups in total. The SMILES string of the molecule is Cc1cccc(N2CCN(C(C(C(=O)NO)C(C)C)S(=O)[O-])CC2)c1C. The number of anilines is 1. The smallest absolute Gasteiger partial charge is 0.249 e. The van der Waals surface area contributed by atoms with E-state index in [1.165, 1.54) is 11.1 Å². The zero-order chi connectivity index (χ0) is 19.4. The van der Waals surface area contributed by atoms with Gasteiger partial charge in [0, 0.05) is 31.9 Å². The summed E-state index contributed by atoms with van der Waals surface area (Å²) in [6, 6.07) is 6.18. The summed E-state index contributed by atoms with van der Waals surface area (Å²) < 4.78 is 23.8. The number of rotatable bonds is 6. The van der Waals surface area contributed by atoms with Crippen molar-refractivity contribution in [1.29, 1.82) is 0 Å². The van der Waals surface area contributed by atoms with Crippen LogP contribution in [0.1, 0.15) is 25.0 Å². The standard InChI is InChI=1S/C18H29N3O4S/c1-12(2)16(17(22)19-23)18(26(24)25)21-10-8-20(9-11-21)15-7-5-6-13(3)14(15)4/h5-7,12,16,18,23H,8-11H2,1-4H3,(H,19,22)(H,24,25)/p-1. The Kier molecular flexibility index (Phi) is 7.16. The number of piperazine rings is 1. The number of benzene rings is 1. The highest BCUT2D eigenvalue weighted by atomic mass is 32.2. The van der Waals surface area contributed by atoms with Crippen LogP contribution in [-0.2, 0) is 15.9 Å². The van der Waals surface area contributed by atoms with Gasteiger partial charge in [0.2, 0.25) is 5.91 Å². The maximum absolute atomic E-state index is 12.0. The highest BCUT2D eigenvalue weighted by molar-refractivity contribution is 7.79. The molecular formula is C18H28N3O4S-. The molecule has 1 aromatic carbocycles. The molecule has 1 amide bonds. The lowest BCUT2D eigenvalue weighted by Gasteiger charge is -2.44. The van der Waals surface area contributed by atoms with Gasteiger partial charge in [-0.15, -0.1) is 0 Å². The summed E-state index contributed by atoms with van der Waals surface area (Å²) in [5.41, 5.74) is 5.24. The normalized spacial score (nSPS) is 19.3. The number of hydrogen-bond donors (Lipinski definition) is 2. The van der Waals surface area contributed by atoms with Crippen molar-refractivity contribution in [3.8, 4) is 0 Å². The van der Waals surface area contributed by atoms with E-state index in [1.807, 2.05) is 11.0 Å². The minimum Gasteiger partial charge on any atom is -0.771 e. The van der Waals surface area contributed by atoms with Gasteiger partial charge in [-0.1, -0.05) is 26.0 Å². The van der Waals surface area contributed by atoms with Crippen LogP contribution >= 0.6 is 0 Å². The Labute approximate surface area is 157 Å². The number of hydrogen-bond acceptors (Lipinski definition) is 6. The zero-order valence-electron chi connectivity index (χ0n) is 15.8. The van der Waals surface area contributed by atoms with E-state index in [4.69, 9.17) is 5.21 Å². The highest BCUT2D eigenvalue weighted by Crippen LogP contribution is 2.27. The van der Waals surface area contributed by atoms with Gasteiger partial charge in [-0.05, 0) is 48.0 Å². The van der Waals surface area contributed by atoms with Crippen molar-refractivity contribution >= 4 is 22.7 Å². The Hall–Kier alpha value is -1.48. The molecule has 0 bridgehead atoms. The molecule has 0 spiro atoms. The Bertz CT molecular complexity index is 660. The predicted octanol–water partition coefficient (Wildman–Crippen LogP) is 1.41. The molecule has 0 aliphatic carbocycles. The Morgan fingerprint density at radius 1 is 1.23 bits per heavy atom. The number of nitrogens with zero attached hydrogens (tertiary/aromatic N) is 2. The van der Waals surface area contributed by atoms with Crippen LogP contribution < -0.4 is 10.4 Å². The number of carbonyl (C=O) groups excluding carboxylic acids is 1. The number of carbonyl (C=O) groups is 1. The first kappa shape index (κ1) is 20.8. The van der Waals surface area contributed by atoms with E-state index >= 15 is 0 Å². The molecule has 1 fully saturated rings. The third-order valence-electron chi connectivity index (χ3n) is 5.23. The molecule has 2 rings (SSSR count). The Balaban J connectivity index is 2.16. The monoisotopic (exact) mass is 382 g/mol. The lowest BCUT2D eigenvalue weighted by atomic mass is 9.93. The average Bonchev–Trinajstić information content (AvgIpc) is 2.61. The van der Waals surface area contributed by atoms with Crippen LogP contribution in [0.2, 0.25) is 0 Å². The lowest BCUT2D eigenvalue weighted by molar-refractivity contribution is -0.136. The van der Waals surface area contributed by atoms with Crippen LogP contribution in [0.3, 0.4) is 0 Å². The van der Waals surface area contributed by atoms with Crippen LogP contribution in [0, 0.1) is 25.7 Å². The van der Waals surface area contributed by atoms with Crippen molar-refractivity contribution in [3.05, 3.63) is 29.3 Å². The van der Waals surface area contributed by atoms with Crippen molar-refractivity contribution in [1.82, 2.24) is 10.4 Å². The maximum Gasteiger partial charge on any atom is 0.249 e. The van der Waals surface area contributed by atoms with E-state index in [9.17, 15) is 13.6 Å². The number of hydroxylamine groups is 1. The molecule has 1 saturated heterocycles. The second kappa shape index (κ2) is 8.94. The fourth-order valence-corrected chi connectivity index (χ4v) is 4.73. The summed E-state index contributed by atoms with van der Waals surface area (Å²) in [5.74, 6) is -1.71. The van der Waals surface area contributed by atoms with Gasteiger partial charge in [-0.25, -0.2) is 5.48 Å². The van der Waals surface area contributed by atoms with E-state index in [1.54, 1.807) is 19.3 Å². The fraction of sp³-hybridized carbons (Fsp3) is 0.611. The molecule has 1 heterocycles. The van der Waals surface area contributed by atoms with Crippen LogP contribution in [0.15, 0.2) is 18.2 Å². The molecule has 1 aliphatic heterocycles. The molecule has 8 heteroatoms. The van der Waals surface area contributed by atoms with E-state index in [-0.39, 0.29) is 5.92 Å². The molecule has 1 aromatic rings. The molecule has 7 nitrogen and oxygen atoms in total. The zero-order valence-corrected chi connectivity index (χ0v) is 16.6. The van der Waals surface area contributed by atoms with Crippen molar-refractivity contribution in [2.45, 2.75) is 33.1 Å². The van der Waals surface area contributed by atoms with Gasteiger partial charge >= 0.3 is 0 Å². The third-order valence-corrected chi connectivity index (χ3v) is 6.21. The van der Waals surface area contributed by atoms with Gasteiger partial charge in [0.15, 0.2) is 0 Å². The van der Waals surface area contributed by atoms with E-state index < -0.39 is 28.3 Å². The number of amides is 1. The van der Waals surface area contributed by atoms with E-state index in [0.29, 0.717) is 26.2 Å². The van der Waals surface area contributed by atoms with Crippen LogP contribution in [0.25, 0.3) is 0 Å². The molecule has 3 unspecified atom stereocenters. The highest BCUT2D eigenvalue weighted by Gasteiger charge is 2.37. The first-order chi connectivity index (χ1) is 12.3. The minimum absolute atomic E-state index is 0.220. The van der Waals surface area contributed by atoms with Crippen molar-refractivity contribution in [2.75, 3.05) is 31.1 Å². The van der Waals surface area contributed by atoms with E-state index in [2.05, 4.69) is 30.9 Å². The molecule has 146 valence electrons. The fourth-order valence-electron chi connectivity index (χ4n) is 3.60. The third kappa shape index (κ3) is 4.43. The molecule has 26 heavy (non-hydrogen) atoms. The molecule has 0 saturated carbocycles. The summed E-state index contributed by atoms with van der Waals surface area (Å²) in [5, 5.41) is 8.05. The van der Waals surface area contributed by atoms with Gasteiger partial charge in [0.1, 0.15) is 0 Å². The molecule has 3 atom stereocenters. The second-order valence-corrected chi connectivity index (χ2v) is 8.14. The summed E-state index contributed by atoms with van der Waals surface area (Å²) in [4.78, 5) is 16.1. The van der Waals surface area contributed by atoms with Crippen LogP contribution in [0.5, 0.6) is 0 Å². The maximum atomic E-state index is 12.0. The van der Waals surface area contributed by atoms with E-state index in [0.717, 1.165) is 5.69 Å². The first-order valence-electron chi connectivity index (χ1n) is 8.85. The van der Waals surface area contributed by atoms with Crippen molar-refractivity contribution < 1.29 is 18.8 Å². The lowest BCUT2D eigenvalue weighted by Crippen LogP contribution is -2.57. The summed E-state index contributed by atoms with van der Waals surface area (Å²) in [6.45, 7) is 10.2. The van der Waals surface area contributed by atoms with Gasteiger partial charge in [-0.2, -0.15) is 0 Å². The van der Waals surface area contributed by atoms with Gasteiger partial charge < -0.3 is 9.45 Å². The second-order valence-electron chi connectivity index (χ2n) is 7.14. The topological polar surface area (TPSA) is 95.9 Å². The summed E-state index contributed by atoms with van der Waals surface area (Å²) >= 11 is -2.45. The quantitative estimate of drug-likeness (QED) is 0.439. The van der Waals surface area contributed by atoms with Crippen molar-refractivity contribution in [3.63, 3.8) is 0 Å². The molecule has 1 aliphatic rings. The van der Waals surface area contributed by atoms with Gasteiger partial charge in [0.05, 0.1) is 11.3 Å². The van der Waals surface area contributed by atoms with Gasteiger partial charge in [0.25, 0.3) is 0 Å².